The van der Waals surface area contributed by atoms with Crippen LogP contribution in [-0.4, -0.2) is 19.3 Å². The van der Waals surface area contributed by atoms with Gasteiger partial charge in [-0.2, -0.15) is 0 Å². The Hall–Kier alpha value is -3.56. The van der Waals surface area contributed by atoms with Gasteiger partial charge in [-0.05, 0) is 81.4 Å². The summed E-state index contributed by atoms with van der Waals surface area (Å²) in [6.07, 6.45) is 0. The first kappa shape index (κ1) is 19.7. The van der Waals surface area contributed by atoms with Crippen LogP contribution in [0.15, 0.2) is 91.0 Å². The molecule has 0 aliphatic rings. The summed E-state index contributed by atoms with van der Waals surface area (Å²) in [5, 5.41) is 9.35. The molecule has 0 aromatic heterocycles. The number of hydrogen-bond acceptors (Lipinski definition) is 3. The number of hydrogen-bond donors (Lipinski definition) is 1. The first-order chi connectivity index (χ1) is 14.7. The van der Waals surface area contributed by atoms with Gasteiger partial charge in [0.05, 0.1) is 20.8 Å². The van der Waals surface area contributed by atoms with Crippen molar-refractivity contribution < 1.29 is 14.6 Å². The molecule has 30 heavy (non-hydrogen) atoms. The maximum Gasteiger partial charge on any atom is 0.118 e. The third-order valence-electron chi connectivity index (χ3n) is 5.25. The van der Waals surface area contributed by atoms with Gasteiger partial charge in [-0.1, -0.05) is 48.5 Å². The van der Waals surface area contributed by atoms with E-state index < -0.39 is 0 Å². The molecule has 0 aliphatic carbocycles. The fourth-order valence-corrected chi connectivity index (χ4v) is 3.50. The normalized spacial score (nSPS) is 10.6. The van der Waals surface area contributed by atoms with E-state index in [1.54, 1.807) is 14.2 Å². The van der Waals surface area contributed by atoms with Crippen molar-refractivity contribution in [2.24, 2.45) is 0 Å². The minimum atomic E-state index is 0.0449. The molecule has 3 heteroatoms. The first-order valence-electron chi connectivity index (χ1n) is 9.84. The quantitative estimate of drug-likeness (QED) is 0.422. The molecule has 0 fully saturated rings. The maximum absolute atomic E-state index is 9.35. The summed E-state index contributed by atoms with van der Waals surface area (Å²) >= 11 is 0. The van der Waals surface area contributed by atoms with Crippen molar-refractivity contribution in [3.05, 3.63) is 96.6 Å². The van der Waals surface area contributed by atoms with Gasteiger partial charge in [-0.3, -0.25) is 0 Å². The zero-order valence-corrected chi connectivity index (χ0v) is 17.1. The van der Waals surface area contributed by atoms with E-state index in [1.807, 2.05) is 36.4 Å². The molecule has 0 atom stereocenters. The van der Waals surface area contributed by atoms with Gasteiger partial charge in [0.25, 0.3) is 0 Å². The molecule has 4 aromatic carbocycles. The maximum atomic E-state index is 9.35. The van der Waals surface area contributed by atoms with Crippen LogP contribution in [0.3, 0.4) is 0 Å². The molecule has 0 radical (unpaired) electrons. The number of benzene rings is 4. The number of aliphatic hydroxyl groups is 1. The van der Waals surface area contributed by atoms with Gasteiger partial charge < -0.3 is 14.6 Å². The van der Waals surface area contributed by atoms with Gasteiger partial charge in [-0.25, -0.2) is 0 Å². The van der Waals surface area contributed by atoms with Crippen molar-refractivity contribution in [1.29, 1.82) is 0 Å². The third kappa shape index (κ3) is 4.22. The molecule has 4 aromatic rings. The van der Waals surface area contributed by atoms with Crippen LogP contribution >= 0.6 is 0 Å². The van der Waals surface area contributed by atoms with E-state index in [2.05, 4.69) is 54.6 Å². The van der Waals surface area contributed by atoms with Gasteiger partial charge >= 0.3 is 0 Å². The van der Waals surface area contributed by atoms with E-state index >= 15 is 0 Å². The minimum Gasteiger partial charge on any atom is -0.497 e. The third-order valence-corrected chi connectivity index (χ3v) is 5.25. The van der Waals surface area contributed by atoms with E-state index in [0.717, 1.165) is 50.4 Å². The van der Waals surface area contributed by atoms with Crippen molar-refractivity contribution in [2.75, 3.05) is 14.2 Å². The second kappa shape index (κ2) is 8.85. The fraction of sp³-hybridized carbons (Fsp3) is 0.111. The Bertz CT molecular complexity index is 954. The summed E-state index contributed by atoms with van der Waals surface area (Å²) in [6, 6.07) is 30.8. The van der Waals surface area contributed by atoms with Crippen LogP contribution in [0.1, 0.15) is 5.56 Å². The largest absolute Gasteiger partial charge is 0.497 e. The Labute approximate surface area is 177 Å². The van der Waals surface area contributed by atoms with Crippen molar-refractivity contribution in [1.82, 2.24) is 0 Å². The Morgan fingerprint density at radius 3 is 1.13 bits per heavy atom. The molecule has 1 N–H and O–H groups in total. The molecule has 150 valence electrons. The zero-order chi connectivity index (χ0) is 20.9. The van der Waals surface area contributed by atoms with Gasteiger partial charge in [0.2, 0.25) is 0 Å². The van der Waals surface area contributed by atoms with Crippen molar-refractivity contribution >= 4 is 0 Å². The highest BCUT2D eigenvalue weighted by atomic mass is 16.5. The van der Waals surface area contributed by atoms with Crippen LogP contribution in [0.25, 0.3) is 33.4 Å². The highest BCUT2D eigenvalue weighted by molar-refractivity contribution is 5.81. The molecule has 0 saturated carbocycles. The zero-order valence-electron chi connectivity index (χ0n) is 17.1. The Morgan fingerprint density at radius 1 is 0.500 bits per heavy atom. The van der Waals surface area contributed by atoms with Crippen LogP contribution in [0.4, 0.5) is 0 Å². The summed E-state index contributed by atoms with van der Waals surface area (Å²) in [6.45, 7) is 0.0449. The standard InChI is InChI=1S/C27H24O3/c1-29-26-11-7-21(8-12-26)24-15-23(20-5-3-19(18-28)4-6-20)16-25(17-24)22-9-13-27(30-2)14-10-22/h3-17,28H,18H2,1-2H3. The van der Waals surface area contributed by atoms with Crippen molar-refractivity contribution in [3.63, 3.8) is 0 Å². The number of methoxy groups -OCH3 is 2. The van der Waals surface area contributed by atoms with Crippen LogP contribution < -0.4 is 9.47 Å². The molecule has 4 rings (SSSR count). The van der Waals surface area contributed by atoms with Crippen molar-refractivity contribution in [3.8, 4) is 44.9 Å². The van der Waals surface area contributed by atoms with E-state index in [0.29, 0.717) is 0 Å². The summed E-state index contributed by atoms with van der Waals surface area (Å²) < 4.78 is 10.6. The highest BCUT2D eigenvalue weighted by Crippen LogP contribution is 2.34. The SMILES string of the molecule is COc1ccc(-c2cc(-c3ccc(CO)cc3)cc(-c3ccc(OC)cc3)c2)cc1. The lowest BCUT2D eigenvalue weighted by atomic mass is 9.93. The second-order valence-corrected chi connectivity index (χ2v) is 7.11. The monoisotopic (exact) mass is 396 g/mol. The average Bonchev–Trinajstić information content (AvgIpc) is 2.84. The van der Waals surface area contributed by atoms with Crippen LogP contribution in [0.5, 0.6) is 11.5 Å². The summed E-state index contributed by atoms with van der Waals surface area (Å²) in [4.78, 5) is 0. The number of aliphatic hydroxyl groups excluding tert-OH is 1. The molecule has 0 heterocycles. The van der Waals surface area contributed by atoms with E-state index in [4.69, 9.17) is 9.47 Å². The lowest BCUT2D eigenvalue weighted by molar-refractivity contribution is 0.282. The average molecular weight is 396 g/mol. The van der Waals surface area contributed by atoms with Crippen molar-refractivity contribution in [2.45, 2.75) is 6.61 Å². The van der Waals surface area contributed by atoms with E-state index in [9.17, 15) is 5.11 Å². The number of ether oxygens (including phenoxy) is 2. The summed E-state index contributed by atoms with van der Waals surface area (Å²) in [5.41, 5.74) is 7.65. The molecule has 0 amide bonds. The van der Waals surface area contributed by atoms with Gasteiger partial charge in [0.1, 0.15) is 11.5 Å². The topological polar surface area (TPSA) is 38.7 Å². The molecule has 0 spiro atoms. The lowest BCUT2D eigenvalue weighted by Gasteiger charge is -2.12. The van der Waals surface area contributed by atoms with Gasteiger partial charge in [0, 0.05) is 0 Å². The molecular formula is C27H24O3. The molecule has 0 unspecified atom stereocenters. The Balaban J connectivity index is 1.83. The van der Waals surface area contributed by atoms with Crippen LogP contribution in [0.2, 0.25) is 0 Å². The second-order valence-electron chi connectivity index (χ2n) is 7.11. The van der Waals surface area contributed by atoms with Crippen LogP contribution in [-0.2, 0) is 6.61 Å². The summed E-state index contributed by atoms with van der Waals surface area (Å²) in [5.74, 6) is 1.68. The highest BCUT2D eigenvalue weighted by Gasteiger charge is 2.08. The Kier molecular flexibility index (Phi) is 5.82. The Morgan fingerprint density at radius 2 is 0.833 bits per heavy atom. The summed E-state index contributed by atoms with van der Waals surface area (Å²) in [7, 11) is 3.35. The molecule has 3 nitrogen and oxygen atoms in total. The first-order valence-corrected chi connectivity index (χ1v) is 9.84. The molecular weight excluding hydrogens is 372 g/mol. The fourth-order valence-electron chi connectivity index (χ4n) is 3.50. The smallest absolute Gasteiger partial charge is 0.118 e. The van der Waals surface area contributed by atoms with E-state index in [-0.39, 0.29) is 6.61 Å². The van der Waals surface area contributed by atoms with Gasteiger partial charge in [-0.15, -0.1) is 0 Å². The number of rotatable bonds is 6. The van der Waals surface area contributed by atoms with E-state index in [1.165, 1.54) is 0 Å². The molecule has 0 bridgehead atoms. The molecule has 0 aliphatic heterocycles. The van der Waals surface area contributed by atoms with Gasteiger partial charge in [0.15, 0.2) is 0 Å². The molecule has 0 saturated heterocycles. The predicted molar refractivity (Wildman–Crippen MR) is 122 cm³/mol. The minimum absolute atomic E-state index is 0.0449. The lowest BCUT2D eigenvalue weighted by Crippen LogP contribution is -1.88. The predicted octanol–water partition coefficient (Wildman–Crippen LogP) is 6.20. The van der Waals surface area contributed by atoms with Crippen LogP contribution in [0, 0.1) is 0 Å².